The molecule has 3 heterocycles. The molecule has 0 bridgehead atoms. The highest BCUT2D eigenvalue weighted by atomic mass is 32.2. The number of aromatic nitrogens is 4. The molecule has 0 aliphatic carbocycles. The SMILES string of the molecule is Cc1ccc2c(CSc3nnc(-c4ccncc4)n3-c3ccc(F)cc3)cc(=O)oc2c1. The minimum absolute atomic E-state index is 0.320. The van der Waals surface area contributed by atoms with Gasteiger partial charge in [-0.1, -0.05) is 23.9 Å². The van der Waals surface area contributed by atoms with E-state index in [1.807, 2.05) is 41.8 Å². The Balaban J connectivity index is 1.56. The number of aryl methyl sites for hydroxylation is 1. The van der Waals surface area contributed by atoms with Crippen LogP contribution in [0.5, 0.6) is 0 Å². The van der Waals surface area contributed by atoms with Gasteiger partial charge in [-0.15, -0.1) is 10.2 Å². The average molecular weight is 444 g/mol. The van der Waals surface area contributed by atoms with Gasteiger partial charge in [0.15, 0.2) is 11.0 Å². The molecule has 2 aromatic carbocycles. The van der Waals surface area contributed by atoms with Gasteiger partial charge in [0.25, 0.3) is 0 Å². The number of rotatable bonds is 5. The predicted molar refractivity (Wildman–Crippen MR) is 121 cm³/mol. The molecule has 0 N–H and O–H groups in total. The van der Waals surface area contributed by atoms with Crippen molar-refractivity contribution in [3.8, 4) is 17.1 Å². The van der Waals surface area contributed by atoms with Crippen LogP contribution in [0.25, 0.3) is 28.0 Å². The molecule has 0 spiro atoms. The van der Waals surface area contributed by atoms with Gasteiger partial charge < -0.3 is 4.42 Å². The van der Waals surface area contributed by atoms with Crippen LogP contribution >= 0.6 is 11.8 Å². The van der Waals surface area contributed by atoms with Gasteiger partial charge in [0.2, 0.25) is 0 Å². The van der Waals surface area contributed by atoms with E-state index in [0.717, 1.165) is 27.8 Å². The van der Waals surface area contributed by atoms with Crippen molar-refractivity contribution in [1.29, 1.82) is 0 Å². The lowest BCUT2D eigenvalue weighted by Crippen LogP contribution is -2.02. The molecule has 5 aromatic rings. The van der Waals surface area contributed by atoms with Gasteiger partial charge in [0.1, 0.15) is 11.4 Å². The Morgan fingerprint density at radius 1 is 1.00 bits per heavy atom. The number of thioether (sulfide) groups is 1. The van der Waals surface area contributed by atoms with Gasteiger partial charge in [-0.25, -0.2) is 9.18 Å². The van der Waals surface area contributed by atoms with Crippen LogP contribution in [0.15, 0.2) is 87.4 Å². The van der Waals surface area contributed by atoms with Crippen molar-refractivity contribution in [2.45, 2.75) is 17.8 Å². The molecule has 0 aliphatic heterocycles. The Labute approximate surface area is 186 Å². The number of fused-ring (bicyclic) bond motifs is 1. The number of hydrogen-bond acceptors (Lipinski definition) is 6. The fourth-order valence-corrected chi connectivity index (χ4v) is 4.42. The summed E-state index contributed by atoms with van der Waals surface area (Å²) >= 11 is 1.44. The first-order valence-electron chi connectivity index (χ1n) is 9.86. The van der Waals surface area contributed by atoms with E-state index >= 15 is 0 Å². The van der Waals surface area contributed by atoms with Crippen molar-refractivity contribution >= 4 is 22.7 Å². The molecule has 5 rings (SSSR count). The second kappa shape index (κ2) is 8.39. The van der Waals surface area contributed by atoms with Gasteiger partial charge in [-0.2, -0.15) is 0 Å². The van der Waals surface area contributed by atoms with E-state index in [2.05, 4.69) is 15.2 Å². The monoisotopic (exact) mass is 444 g/mol. The third-order valence-corrected chi connectivity index (χ3v) is 5.98. The molecular weight excluding hydrogens is 427 g/mol. The standard InChI is InChI=1S/C24H17FN4O2S/c1-15-2-7-20-17(13-22(30)31-21(20)12-15)14-32-24-28-27-23(16-8-10-26-11-9-16)29(24)19-5-3-18(25)4-6-19/h2-13H,14H2,1H3. The molecule has 0 amide bonds. The summed E-state index contributed by atoms with van der Waals surface area (Å²) in [4.78, 5) is 16.1. The Morgan fingerprint density at radius 2 is 1.78 bits per heavy atom. The summed E-state index contributed by atoms with van der Waals surface area (Å²) in [6.07, 6.45) is 3.37. The Kier molecular flexibility index (Phi) is 5.28. The lowest BCUT2D eigenvalue weighted by atomic mass is 10.1. The molecule has 0 radical (unpaired) electrons. The molecule has 32 heavy (non-hydrogen) atoms. The molecule has 6 nitrogen and oxygen atoms in total. The first kappa shape index (κ1) is 20.1. The number of nitrogens with zero attached hydrogens (tertiary/aromatic N) is 4. The van der Waals surface area contributed by atoms with Crippen molar-refractivity contribution < 1.29 is 8.81 Å². The van der Waals surface area contributed by atoms with E-state index in [0.29, 0.717) is 22.3 Å². The number of benzene rings is 2. The van der Waals surface area contributed by atoms with Crippen LogP contribution in [-0.2, 0) is 5.75 Å². The summed E-state index contributed by atoms with van der Waals surface area (Å²) in [7, 11) is 0. The molecule has 0 fully saturated rings. The lowest BCUT2D eigenvalue weighted by Gasteiger charge is -2.11. The third kappa shape index (κ3) is 3.92. The van der Waals surface area contributed by atoms with E-state index < -0.39 is 5.63 Å². The van der Waals surface area contributed by atoms with E-state index in [9.17, 15) is 9.18 Å². The summed E-state index contributed by atoms with van der Waals surface area (Å²) in [5, 5.41) is 10.3. The van der Waals surface area contributed by atoms with Crippen LogP contribution in [0, 0.1) is 12.7 Å². The van der Waals surface area contributed by atoms with Gasteiger partial charge in [-0.05, 0) is 60.5 Å². The van der Waals surface area contributed by atoms with E-state index in [1.165, 1.54) is 30.0 Å². The number of hydrogen-bond donors (Lipinski definition) is 0. The van der Waals surface area contributed by atoms with Gasteiger partial charge in [0.05, 0.1) is 0 Å². The zero-order chi connectivity index (χ0) is 22.1. The van der Waals surface area contributed by atoms with Crippen molar-refractivity contribution in [2.24, 2.45) is 0 Å². The van der Waals surface area contributed by atoms with Crippen LogP contribution in [-0.4, -0.2) is 19.7 Å². The topological polar surface area (TPSA) is 73.8 Å². The summed E-state index contributed by atoms with van der Waals surface area (Å²) in [5.41, 5.74) is 3.61. The Bertz CT molecular complexity index is 1460. The van der Waals surface area contributed by atoms with E-state index in [4.69, 9.17) is 4.42 Å². The van der Waals surface area contributed by atoms with E-state index in [-0.39, 0.29) is 5.82 Å². The number of pyridine rings is 1. The van der Waals surface area contributed by atoms with Crippen LogP contribution in [0.3, 0.4) is 0 Å². The normalized spacial score (nSPS) is 11.2. The molecule has 0 unspecified atom stereocenters. The second-order valence-corrected chi connectivity index (χ2v) is 8.18. The molecule has 158 valence electrons. The summed E-state index contributed by atoms with van der Waals surface area (Å²) in [5.74, 6) is 0.787. The minimum Gasteiger partial charge on any atom is -0.423 e. The largest absolute Gasteiger partial charge is 0.423 e. The van der Waals surface area contributed by atoms with E-state index in [1.54, 1.807) is 24.5 Å². The molecule has 0 aliphatic rings. The summed E-state index contributed by atoms with van der Waals surface area (Å²) in [6, 6.07) is 17.2. The maximum Gasteiger partial charge on any atom is 0.336 e. The molecule has 0 saturated carbocycles. The predicted octanol–water partition coefficient (Wildman–Crippen LogP) is 5.18. The van der Waals surface area contributed by atoms with Crippen molar-refractivity contribution in [3.63, 3.8) is 0 Å². The maximum absolute atomic E-state index is 13.5. The van der Waals surface area contributed by atoms with Crippen molar-refractivity contribution in [3.05, 3.63) is 100 Å². The van der Waals surface area contributed by atoms with Crippen molar-refractivity contribution in [2.75, 3.05) is 0 Å². The number of halogens is 1. The molecule has 3 aromatic heterocycles. The average Bonchev–Trinajstić information content (AvgIpc) is 3.22. The quantitative estimate of drug-likeness (QED) is 0.275. The molecule has 8 heteroatoms. The fourth-order valence-electron chi connectivity index (χ4n) is 3.47. The summed E-state index contributed by atoms with van der Waals surface area (Å²) < 4.78 is 20.8. The first-order valence-corrected chi connectivity index (χ1v) is 10.8. The summed E-state index contributed by atoms with van der Waals surface area (Å²) in [6.45, 7) is 1.95. The highest BCUT2D eigenvalue weighted by Gasteiger charge is 2.17. The van der Waals surface area contributed by atoms with Gasteiger partial charge in [0, 0.05) is 40.8 Å². The Hall–Kier alpha value is -3.78. The fraction of sp³-hybridized carbons (Fsp3) is 0.0833. The van der Waals surface area contributed by atoms with Crippen molar-refractivity contribution in [1.82, 2.24) is 19.7 Å². The Morgan fingerprint density at radius 3 is 2.56 bits per heavy atom. The smallest absolute Gasteiger partial charge is 0.336 e. The van der Waals surface area contributed by atoms with Crippen LogP contribution in [0.2, 0.25) is 0 Å². The zero-order valence-electron chi connectivity index (χ0n) is 17.0. The first-order chi connectivity index (χ1) is 15.6. The van der Waals surface area contributed by atoms with Gasteiger partial charge >= 0.3 is 5.63 Å². The lowest BCUT2D eigenvalue weighted by molar-refractivity contribution is 0.559. The highest BCUT2D eigenvalue weighted by molar-refractivity contribution is 7.98. The van der Waals surface area contributed by atoms with Gasteiger partial charge in [-0.3, -0.25) is 9.55 Å². The zero-order valence-corrected chi connectivity index (χ0v) is 17.8. The van der Waals surface area contributed by atoms with Crippen LogP contribution in [0.1, 0.15) is 11.1 Å². The highest BCUT2D eigenvalue weighted by Crippen LogP contribution is 2.31. The van der Waals surface area contributed by atoms with Crippen LogP contribution in [0.4, 0.5) is 4.39 Å². The molecular formula is C24H17FN4O2S. The maximum atomic E-state index is 13.5. The molecule has 0 saturated heterocycles. The van der Waals surface area contributed by atoms with Crippen LogP contribution < -0.4 is 5.63 Å². The molecule has 0 atom stereocenters. The second-order valence-electron chi connectivity index (χ2n) is 7.23. The third-order valence-electron chi connectivity index (χ3n) is 5.00. The minimum atomic E-state index is -0.392.